The Morgan fingerprint density at radius 3 is 2.53 bits per heavy atom. The van der Waals surface area contributed by atoms with Crippen molar-refractivity contribution in [3.63, 3.8) is 0 Å². The summed E-state index contributed by atoms with van der Waals surface area (Å²) < 4.78 is 10.7. The van der Waals surface area contributed by atoms with Gasteiger partial charge in [0.25, 0.3) is 0 Å². The Balaban J connectivity index is 1.93. The molecule has 0 aliphatic carbocycles. The van der Waals surface area contributed by atoms with Gasteiger partial charge in [0.2, 0.25) is 0 Å². The largest absolute Gasteiger partial charge is 0.377 e. The van der Waals surface area contributed by atoms with Gasteiger partial charge in [0.1, 0.15) is 0 Å². The van der Waals surface area contributed by atoms with Crippen LogP contribution in [0.3, 0.4) is 0 Å². The maximum Gasteiger partial charge on any atom is 0.0716 e. The van der Waals surface area contributed by atoms with Crippen LogP contribution >= 0.6 is 30.4 Å². The predicted octanol–water partition coefficient (Wildman–Crippen LogP) is 4.00. The molecule has 0 aromatic heterocycles. The van der Waals surface area contributed by atoms with Gasteiger partial charge >= 0.3 is 0 Å². The normalized spacial score (nSPS) is 10.5. The van der Waals surface area contributed by atoms with E-state index < -0.39 is 0 Å². The first-order valence-electron chi connectivity index (χ1n) is 4.95. The number of benzene rings is 1. The first kappa shape index (κ1) is 13.3. The second kappa shape index (κ2) is 9.45. The molecule has 1 rings (SSSR count). The Bertz CT molecular complexity index is 244. The smallest absolute Gasteiger partial charge is 0.0716 e. The van der Waals surface area contributed by atoms with E-state index in [9.17, 15) is 0 Å². The fraction of sp³-hybridized carbons (Fsp3) is 0.455. The zero-order valence-electron chi connectivity index (χ0n) is 8.52. The first-order valence-corrected chi connectivity index (χ1v) is 8.24. The lowest BCUT2D eigenvalue weighted by atomic mass is 10.2. The van der Waals surface area contributed by atoms with Gasteiger partial charge in [-0.2, -0.15) is 0 Å². The molecule has 0 unspecified atom stereocenters. The fourth-order valence-corrected chi connectivity index (χ4v) is 1.88. The van der Waals surface area contributed by atoms with Gasteiger partial charge in [-0.15, -0.1) is 0 Å². The average molecular weight is 338 g/mol. The number of hydrogen-bond acceptors (Lipinski definition) is 3. The molecule has 2 nitrogen and oxygen atoms in total. The van der Waals surface area contributed by atoms with Gasteiger partial charge in [-0.05, 0) is 18.4 Å². The van der Waals surface area contributed by atoms with E-state index in [2.05, 4.69) is 33.3 Å². The zero-order chi connectivity index (χ0) is 10.8. The molecule has 0 atom stereocenters. The molecule has 0 amide bonds. The van der Waals surface area contributed by atoms with E-state index in [1.807, 2.05) is 18.2 Å². The summed E-state index contributed by atoms with van der Waals surface area (Å²) in [5, 5.41) is 0. The molecule has 15 heavy (non-hydrogen) atoms. The van der Waals surface area contributed by atoms with Crippen LogP contribution in [-0.2, 0) is 15.5 Å². The van der Waals surface area contributed by atoms with Gasteiger partial charge in [-0.25, -0.2) is 0 Å². The Kier molecular flexibility index (Phi) is 8.37. The van der Waals surface area contributed by atoms with Crippen LogP contribution in [0.4, 0.5) is 0 Å². The standard InChI is InChI=1S/C11H15IO2S/c12-15-14-9-5-4-8-13-10-11-6-2-1-3-7-11/h1-3,6-7H,4-5,8-10H2. The molecular weight excluding hydrogens is 323 g/mol. The molecule has 84 valence electrons. The SMILES string of the molecule is ISOCCCCOCc1ccccc1. The highest BCUT2D eigenvalue weighted by Crippen LogP contribution is 2.12. The van der Waals surface area contributed by atoms with Crippen molar-refractivity contribution < 1.29 is 8.92 Å². The number of ether oxygens (including phenoxy) is 1. The lowest BCUT2D eigenvalue weighted by molar-refractivity contribution is 0.114. The molecular formula is C11H15IO2S. The van der Waals surface area contributed by atoms with E-state index in [1.165, 1.54) is 14.8 Å². The van der Waals surface area contributed by atoms with E-state index in [4.69, 9.17) is 8.92 Å². The number of rotatable bonds is 8. The van der Waals surface area contributed by atoms with E-state index in [1.54, 1.807) is 0 Å². The Morgan fingerprint density at radius 2 is 1.80 bits per heavy atom. The minimum Gasteiger partial charge on any atom is -0.377 e. The van der Waals surface area contributed by atoms with E-state index in [0.717, 1.165) is 26.1 Å². The maximum atomic E-state index is 5.54. The van der Waals surface area contributed by atoms with Crippen molar-refractivity contribution in [2.45, 2.75) is 19.4 Å². The van der Waals surface area contributed by atoms with Crippen LogP contribution < -0.4 is 0 Å². The van der Waals surface area contributed by atoms with E-state index in [0.29, 0.717) is 6.61 Å². The molecule has 0 aliphatic heterocycles. The molecule has 0 N–H and O–H groups in total. The van der Waals surface area contributed by atoms with Crippen LogP contribution in [0.2, 0.25) is 0 Å². The second-order valence-electron chi connectivity index (χ2n) is 3.13. The topological polar surface area (TPSA) is 18.5 Å². The van der Waals surface area contributed by atoms with Gasteiger partial charge in [0.05, 0.1) is 22.4 Å². The maximum absolute atomic E-state index is 5.54. The molecule has 0 saturated heterocycles. The van der Waals surface area contributed by atoms with Crippen LogP contribution in [0.1, 0.15) is 18.4 Å². The fourth-order valence-electron chi connectivity index (χ4n) is 1.16. The van der Waals surface area contributed by atoms with Crippen molar-refractivity contribution in [3.05, 3.63) is 35.9 Å². The van der Waals surface area contributed by atoms with Gasteiger partial charge < -0.3 is 8.92 Å². The highest BCUT2D eigenvalue weighted by Gasteiger charge is 1.92. The van der Waals surface area contributed by atoms with Gasteiger partial charge in [-0.3, -0.25) is 0 Å². The Hall–Kier alpha value is 0.220. The van der Waals surface area contributed by atoms with Gasteiger partial charge in [-0.1, -0.05) is 30.3 Å². The molecule has 1 aromatic rings. The van der Waals surface area contributed by atoms with Crippen LogP contribution in [0, 0.1) is 0 Å². The van der Waals surface area contributed by atoms with Crippen molar-refractivity contribution in [3.8, 4) is 0 Å². The van der Waals surface area contributed by atoms with Crippen molar-refractivity contribution >= 4 is 30.4 Å². The van der Waals surface area contributed by atoms with Crippen molar-refractivity contribution in [1.29, 1.82) is 0 Å². The molecule has 0 spiro atoms. The minimum atomic E-state index is 0.711. The van der Waals surface area contributed by atoms with E-state index >= 15 is 0 Å². The molecule has 0 fully saturated rings. The molecule has 0 heterocycles. The summed E-state index contributed by atoms with van der Waals surface area (Å²) in [6.45, 7) is 2.33. The highest BCUT2D eigenvalue weighted by molar-refractivity contribution is 14.2. The number of halogens is 1. The van der Waals surface area contributed by atoms with Crippen LogP contribution in [0.5, 0.6) is 0 Å². The number of unbranched alkanes of at least 4 members (excludes halogenated alkanes) is 1. The van der Waals surface area contributed by atoms with Crippen LogP contribution in [0.15, 0.2) is 30.3 Å². The third-order valence-electron chi connectivity index (χ3n) is 1.92. The molecule has 0 saturated carbocycles. The Labute approximate surface area is 108 Å². The number of hydrogen-bond donors (Lipinski definition) is 0. The monoisotopic (exact) mass is 338 g/mol. The van der Waals surface area contributed by atoms with Gasteiger partial charge in [0.15, 0.2) is 0 Å². The minimum absolute atomic E-state index is 0.711. The van der Waals surface area contributed by atoms with Gasteiger partial charge in [0, 0.05) is 27.8 Å². The van der Waals surface area contributed by atoms with Crippen molar-refractivity contribution in [2.75, 3.05) is 13.2 Å². The lowest BCUT2D eigenvalue weighted by Gasteiger charge is -2.03. The van der Waals surface area contributed by atoms with Crippen LogP contribution in [-0.4, -0.2) is 13.2 Å². The molecule has 1 aromatic carbocycles. The summed E-state index contributed by atoms with van der Waals surface area (Å²) in [4.78, 5) is 0. The summed E-state index contributed by atoms with van der Waals surface area (Å²) in [5.74, 6) is 0. The molecule has 0 bridgehead atoms. The average Bonchev–Trinajstić information content (AvgIpc) is 2.29. The Morgan fingerprint density at radius 1 is 1.07 bits per heavy atom. The van der Waals surface area contributed by atoms with E-state index in [-0.39, 0.29) is 0 Å². The van der Waals surface area contributed by atoms with Crippen LogP contribution in [0.25, 0.3) is 0 Å². The summed E-state index contributed by atoms with van der Waals surface area (Å²) in [6.07, 6.45) is 2.12. The second-order valence-corrected chi connectivity index (χ2v) is 4.57. The molecule has 4 heteroatoms. The highest BCUT2D eigenvalue weighted by atomic mass is 127. The zero-order valence-corrected chi connectivity index (χ0v) is 11.5. The third kappa shape index (κ3) is 7.16. The predicted molar refractivity (Wildman–Crippen MR) is 72.9 cm³/mol. The first-order chi connectivity index (χ1) is 7.43. The summed E-state index contributed by atoms with van der Waals surface area (Å²) >= 11 is 2.13. The summed E-state index contributed by atoms with van der Waals surface area (Å²) in [6, 6.07) is 10.2. The van der Waals surface area contributed by atoms with Crippen molar-refractivity contribution in [1.82, 2.24) is 0 Å². The summed E-state index contributed by atoms with van der Waals surface area (Å²) in [7, 11) is 1.39. The molecule has 0 radical (unpaired) electrons. The summed E-state index contributed by atoms with van der Waals surface area (Å²) in [5.41, 5.74) is 1.23. The third-order valence-corrected chi connectivity index (χ3v) is 2.94. The molecule has 0 aliphatic rings. The quantitative estimate of drug-likeness (QED) is 0.406. The van der Waals surface area contributed by atoms with Crippen molar-refractivity contribution in [2.24, 2.45) is 0 Å². The lowest BCUT2D eigenvalue weighted by Crippen LogP contribution is -1.97.